The molecule has 1 aromatic heterocycles. The van der Waals surface area contributed by atoms with Gasteiger partial charge in [-0.3, -0.25) is 0 Å². The van der Waals surface area contributed by atoms with Gasteiger partial charge in [0.15, 0.2) is 11.5 Å². The van der Waals surface area contributed by atoms with Gasteiger partial charge in [0, 0.05) is 12.1 Å². The summed E-state index contributed by atoms with van der Waals surface area (Å²) in [6.07, 6.45) is 1.20. The van der Waals surface area contributed by atoms with E-state index in [1.165, 1.54) is 12.3 Å². The number of ether oxygens (including phenoxy) is 2. The van der Waals surface area contributed by atoms with Crippen molar-refractivity contribution in [2.45, 2.75) is 6.54 Å². The molecule has 1 aromatic carbocycles. The van der Waals surface area contributed by atoms with Crippen molar-refractivity contribution in [1.29, 1.82) is 0 Å². The Hall–Kier alpha value is -2.34. The van der Waals surface area contributed by atoms with Gasteiger partial charge in [-0.05, 0) is 6.07 Å². The van der Waals surface area contributed by atoms with Gasteiger partial charge in [0.25, 0.3) is 0 Å². The second-order valence-electron chi connectivity index (χ2n) is 4.15. The summed E-state index contributed by atoms with van der Waals surface area (Å²) in [7, 11) is 0. The summed E-state index contributed by atoms with van der Waals surface area (Å²) in [6.45, 7) is 0.488. The molecule has 2 heterocycles. The topological polar surface area (TPSA) is 80.9 Å². The number of halogens is 1. The summed E-state index contributed by atoms with van der Waals surface area (Å²) in [5, 5.41) is 12.3. The third kappa shape index (κ3) is 2.37. The Labute approximate surface area is 118 Å². The Balaban J connectivity index is 1.73. The van der Waals surface area contributed by atoms with Gasteiger partial charge in [-0.2, -0.15) is 0 Å². The summed E-state index contributed by atoms with van der Waals surface area (Å²) in [5.74, 6) is 0.687. The summed E-state index contributed by atoms with van der Waals surface area (Å²) >= 11 is 6.11. The minimum absolute atomic E-state index is 0.110. The molecule has 0 fully saturated rings. The molecule has 2 N–H and O–H groups in total. The van der Waals surface area contributed by atoms with Crippen molar-refractivity contribution in [3.05, 3.63) is 40.8 Å². The monoisotopic (exact) mass is 295 g/mol. The molecule has 20 heavy (non-hydrogen) atoms. The van der Waals surface area contributed by atoms with Crippen LogP contribution in [0.5, 0.6) is 11.5 Å². The van der Waals surface area contributed by atoms with E-state index in [2.05, 4.69) is 5.32 Å². The third-order valence-corrected chi connectivity index (χ3v) is 3.13. The van der Waals surface area contributed by atoms with E-state index in [9.17, 15) is 4.79 Å². The number of benzene rings is 1. The summed E-state index contributed by atoms with van der Waals surface area (Å²) in [4.78, 5) is 10.7. The molecule has 0 unspecified atom stereocenters. The van der Waals surface area contributed by atoms with Crippen molar-refractivity contribution >= 4 is 23.3 Å². The van der Waals surface area contributed by atoms with Crippen LogP contribution in [0, 0.1) is 0 Å². The van der Waals surface area contributed by atoms with E-state index in [0.29, 0.717) is 34.5 Å². The molecular weight excluding hydrogens is 286 g/mol. The van der Waals surface area contributed by atoms with Crippen molar-refractivity contribution in [1.82, 2.24) is 0 Å². The molecule has 6 nitrogen and oxygen atoms in total. The second-order valence-corrected chi connectivity index (χ2v) is 4.55. The van der Waals surface area contributed by atoms with E-state index >= 15 is 0 Å². The lowest BCUT2D eigenvalue weighted by Crippen LogP contribution is -1.99. The Kier molecular flexibility index (Phi) is 3.15. The molecule has 1 aliphatic heterocycles. The highest BCUT2D eigenvalue weighted by atomic mass is 35.5. The fourth-order valence-electron chi connectivity index (χ4n) is 1.82. The van der Waals surface area contributed by atoms with E-state index in [0.717, 1.165) is 0 Å². The standard InChI is InChI=1S/C13H10ClNO5/c14-9-2-11-12(20-6-19-11)3-10(9)15-4-8-1-7(5-18-8)13(16)17/h1-3,5,15H,4,6H2,(H,16,17). The van der Waals surface area contributed by atoms with Crippen LogP contribution in [0.15, 0.2) is 28.9 Å². The average molecular weight is 296 g/mol. The van der Waals surface area contributed by atoms with Crippen LogP contribution < -0.4 is 14.8 Å². The van der Waals surface area contributed by atoms with Crippen LogP contribution in [0.4, 0.5) is 5.69 Å². The number of anilines is 1. The van der Waals surface area contributed by atoms with E-state index in [1.807, 2.05) is 0 Å². The first-order valence-electron chi connectivity index (χ1n) is 5.77. The van der Waals surface area contributed by atoms with Gasteiger partial charge in [-0.1, -0.05) is 11.6 Å². The van der Waals surface area contributed by atoms with Crippen molar-refractivity contribution in [3.8, 4) is 11.5 Å². The highest BCUT2D eigenvalue weighted by Gasteiger charge is 2.16. The van der Waals surface area contributed by atoms with Crippen LogP contribution in [-0.4, -0.2) is 17.9 Å². The lowest BCUT2D eigenvalue weighted by Gasteiger charge is -2.08. The van der Waals surface area contributed by atoms with Crippen LogP contribution in [0.1, 0.15) is 16.1 Å². The molecule has 104 valence electrons. The summed E-state index contributed by atoms with van der Waals surface area (Å²) in [6, 6.07) is 4.85. The van der Waals surface area contributed by atoms with Crippen LogP contribution in [0.25, 0.3) is 0 Å². The number of aromatic carboxylic acids is 1. The zero-order valence-electron chi connectivity index (χ0n) is 10.2. The second kappa shape index (κ2) is 4.97. The predicted molar refractivity (Wildman–Crippen MR) is 70.6 cm³/mol. The summed E-state index contributed by atoms with van der Waals surface area (Å²) in [5.41, 5.74) is 0.766. The quantitative estimate of drug-likeness (QED) is 0.902. The van der Waals surface area contributed by atoms with Crippen LogP contribution in [0.2, 0.25) is 5.02 Å². The molecule has 0 spiro atoms. The molecule has 0 saturated carbocycles. The molecule has 0 amide bonds. The smallest absolute Gasteiger partial charge is 0.338 e. The molecule has 0 bridgehead atoms. The maximum atomic E-state index is 10.7. The fraction of sp³-hybridized carbons (Fsp3) is 0.154. The van der Waals surface area contributed by atoms with Crippen molar-refractivity contribution in [3.63, 3.8) is 0 Å². The van der Waals surface area contributed by atoms with Gasteiger partial charge >= 0.3 is 5.97 Å². The van der Waals surface area contributed by atoms with E-state index < -0.39 is 5.97 Å². The number of carboxylic acids is 1. The SMILES string of the molecule is O=C(O)c1coc(CNc2cc3c(cc2Cl)OCO3)c1. The first-order valence-corrected chi connectivity index (χ1v) is 6.15. The molecule has 7 heteroatoms. The van der Waals surface area contributed by atoms with Gasteiger partial charge < -0.3 is 24.3 Å². The molecule has 0 aliphatic carbocycles. The minimum Gasteiger partial charge on any atom is -0.478 e. The van der Waals surface area contributed by atoms with Gasteiger partial charge in [-0.25, -0.2) is 4.79 Å². The maximum Gasteiger partial charge on any atom is 0.338 e. The van der Waals surface area contributed by atoms with Gasteiger partial charge in [-0.15, -0.1) is 0 Å². The zero-order valence-corrected chi connectivity index (χ0v) is 10.9. The Morgan fingerprint density at radius 2 is 2.05 bits per heavy atom. The molecule has 0 radical (unpaired) electrons. The number of carboxylic acid groups (broad SMARTS) is 1. The number of hydrogen-bond acceptors (Lipinski definition) is 5. The largest absolute Gasteiger partial charge is 0.478 e. The molecular formula is C13H10ClNO5. The number of fused-ring (bicyclic) bond motifs is 1. The Morgan fingerprint density at radius 1 is 1.30 bits per heavy atom. The van der Waals surface area contributed by atoms with E-state index in [4.69, 9.17) is 30.6 Å². The lowest BCUT2D eigenvalue weighted by atomic mass is 10.2. The Morgan fingerprint density at radius 3 is 2.75 bits per heavy atom. The third-order valence-electron chi connectivity index (χ3n) is 2.82. The van der Waals surface area contributed by atoms with Crippen molar-refractivity contribution in [2.75, 3.05) is 12.1 Å². The van der Waals surface area contributed by atoms with Crippen LogP contribution in [0.3, 0.4) is 0 Å². The first kappa shape index (κ1) is 12.7. The number of furan rings is 1. The molecule has 0 atom stereocenters. The molecule has 0 saturated heterocycles. The highest BCUT2D eigenvalue weighted by molar-refractivity contribution is 6.33. The van der Waals surface area contributed by atoms with Crippen LogP contribution >= 0.6 is 11.6 Å². The van der Waals surface area contributed by atoms with Gasteiger partial charge in [0.2, 0.25) is 6.79 Å². The predicted octanol–water partition coefficient (Wildman–Crippen LogP) is 2.97. The molecule has 1 aliphatic rings. The normalized spacial score (nSPS) is 12.4. The average Bonchev–Trinajstić information content (AvgIpc) is 3.03. The maximum absolute atomic E-state index is 10.7. The van der Waals surface area contributed by atoms with E-state index in [1.54, 1.807) is 12.1 Å². The molecule has 2 aromatic rings. The Bertz CT molecular complexity index is 667. The highest BCUT2D eigenvalue weighted by Crippen LogP contribution is 2.39. The summed E-state index contributed by atoms with van der Waals surface area (Å²) < 4.78 is 15.6. The number of rotatable bonds is 4. The lowest BCUT2D eigenvalue weighted by molar-refractivity contribution is 0.0696. The first-order chi connectivity index (χ1) is 9.63. The van der Waals surface area contributed by atoms with Crippen molar-refractivity contribution < 1.29 is 23.8 Å². The van der Waals surface area contributed by atoms with Crippen LogP contribution in [-0.2, 0) is 6.54 Å². The van der Waals surface area contributed by atoms with Gasteiger partial charge in [0.1, 0.15) is 12.0 Å². The molecule has 3 rings (SSSR count). The van der Waals surface area contributed by atoms with Gasteiger partial charge in [0.05, 0.1) is 22.8 Å². The minimum atomic E-state index is -1.03. The zero-order chi connectivity index (χ0) is 14.1. The number of hydrogen-bond donors (Lipinski definition) is 2. The van der Waals surface area contributed by atoms with Crippen molar-refractivity contribution in [2.24, 2.45) is 0 Å². The number of nitrogens with one attached hydrogen (secondary N) is 1. The fourth-order valence-corrected chi connectivity index (χ4v) is 2.04. The van der Waals surface area contributed by atoms with E-state index in [-0.39, 0.29) is 12.4 Å². The number of carbonyl (C=O) groups is 1.